The van der Waals surface area contributed by atoms with Crippen LogP contribution in [0.3, 0.4) is 0 Å². The Kier molecular flexibility index (Phi) is 6.01. The van der Waals surface area contributed by atoms with Crippen molar-refractivity contribution in [1.82, 2.24) is 10.2 Å². The molecule has 152 valence electrons. The number of aromatic nitrogens is 2. The van der Waals surface area contributed by atoms with E-state index in [9.17, 15) is 18.0 Å². The number of carbonyl (C=O) groups excluding carboxylic acids is 1. The first-order valence-electron chi connectivity index (χ1n) is 8.30. The predicted octanol–water partition coefficient (Wildman–Crippen LogP) is 4.40. The molecule has 0 N–H and O–H groups in total. The second-order valence-corrected chi connectivity index (χ2v) is 5.74. The van der Waals surface area contributed by atoms with Gasteiger partial charge in [-0.2, -0.15) is 8.78 Å². The molecule has 2 aromatic carbocycles. The van der Waals surface area contributed by atoms with E-state index in [1.54, 1.807) is 0 Å². The van der Waals surface area contributed by atoms with Crippen LogP contribution in [-0.2, 0) is 4.74 Å². The Hall–Kier alpha value is -3.56. The van der Waals surface area contributed by atoms with E-state index >= 15 is 0 Å². The normalized spacial score (nSPS) is 11.9. The molecular formula is C19H15F3N2O5. The van der Waals surface area contributed by atoms with Crippen molar-refractivity contribution in [1.29, 1.82) is 0 Å². The molecule has 0 saturated heterocycles. The molecule has 0 aliphatic heterocycles. The summed E-state index contributed by atoms with van der Waals surface area (Å²) in [6.45, 7) is -1.51. The number of hydrogen-bond donors (Lipinski definition) is 0. The second kappa shape index (κ2) is 8.63. The van der Waals surface area contributed by atoms with Gasteiger partial charge in [0, 0.05) is 5.56 Å². The lowest BCUT2D eigenvalue weighted by Gasteiger charge is -2.12. The number of carbonyl (C=O) groups is 1. The summed E-state index contributed by atoms with van der Waals surface area (Å²) >= 11 is 0. The zero-order chi connectivity index (χ0) is 21.0. The molecule has 0 unspecified atom stereocenters. The number of benzene rings is 2. The van der Waals surface area contributed by atoms with Gasteiger partial charge >= 0.3 is 12.6 Å². The van der Waals surface area contributed by atoms with Gasteiger partial charge in [-0.05, 0) is 49.4 Å². The summed E-state index contributed by atoms with van der Waals surface area (Å²) in [5.41, 5.74) is 0.552. The maximum Gasteiger partial charge on any atom is 0.387 e. The summed E-state index contributed by atoms with van der Waals surface area (Å²) in [6.07, 6.45) is -0.896. The SMILES string of the molecule is COc1cc(C(=O)O[C@@H](C)c2nnc(-c3ccc(F)cc3)o2)ccc1OC(F)F. The molecular weight excluding hydrogens is 393 g/mol. The van der Waals surface area contributed by atoms with Crippen molar-refractivity contribution in [3.05, 3.63) is 59.7 Å². The minimum Gasteiger partial charge on any atom is -0.493 e. The van der Waals surface area contributed by atoms with Crippen molar-refractivity contribution in [3.8, 4) is 23.0 Å². The van der Waals surface area contributed by atoms with Crippen LogP contribution in [0.25, 0.3) is 11.5 Å². The zero-order valence-corrected chi connectivity index (χ0v) is 15.3. The maximum atomic E-state index is 13.0. The summed E-state index contributed by atoms with van der Waals surface area (Å²) in [5.74, 6) is -1.27. The highest BCUT2D eigenvalue weighted by atomic mass is 19.3. The lowest BCUT2D eigenvalue weighted by atomic mass is 10.2. The van der Waals surface area contributed by atoms with Gasteiger partial charge in [-0.3, -0.25) is 0 Å². The maximum absolute atomic E-state index is 13.0. The smallest absolute Gasteiger partial charge is 0.387 e. The van der Waals surface area contributed by atoms with Crippen LogP contribution in [0.5, 0.6) is 11.5 Å². The first-order valence-corrected chi connectivity index (χ1v) is 8.30. The molecule has 3 rings (SSSR count). The lowest BCUT2D eigenvalue weighted by Crippen LogP contribution is -2.10. The quantitative estimate of drug-likeness (QED) is 0.536. The second-order valence-electron chi connectivity index (χ2n) is 5.74. The molecule has 1 heterocycles. The third kappa shape index (κ3) is 4.84. The average Bonchev–Trinajstić information content (AvgIpc) is 3.18. The molecule has 7 nitrogen and oxygen atoms in total. The van der Waals surface area contributed by atoms with Crippen molar-refractivity contribution in [2.45, 2.75) is 19.6 Å². The van der Waals surface area contributed by atoms with E-state index in [0.29, 0.717) is 5.56 Å². The van der Waals surface area contributed by atoms with Gasteiger partial charge < -0.3 is 18.6 Å². The highest BCUT2D eigenvalue weighted by Gasteiger charge is 2.21. The van der Waals surface area contributed by atoms with Gasteiger partial charge in [0.1, 0.15) is 5.82 Å². The Labute approximate surface area is 163 Å². The molecule has 0 aliphatic rings. The van der Waals surface area contributed by atoms with Crippen LogP contribution >= 0.6 is 0 Å². The number of rotatable bonds is 7. The summed E-state index contributed by atoms with van der Waals surface area (Å²) < 4.78 is 57.8. The fourth-order valence-corrected chi connectivity index (χ4v) is 2.37. The summed E-state index contributed by atoms with van der Waals surface area (Å²) in [6, 6.07) is 9.08. The van der Waals surface area contributed by atoms with Crippen LogP contribution in [0.4, 0.5) is 13.2 Å². The van der Waals surface area contributed by atoms with Crippen LogP contribution in [0.15, 0.2) is 46.9 Å². The zero-order valence-electron chi connectivity index (χ0n) is 15.3. The van der Waals surface area contributed by atoms with Crippen LogP contribution < -0.4 is 9.47 Å². The molecule has 0 amide bonds. The van der Waals surface area contributed by atoms with Gasteiger partial charge in [-0.1, -0.05) is 0 Å². The van der Waals surface area contributed by atoms with E-state index in [1.807, 2.05) is 0 Å². The van der Waals surface area contributed by atoms with Gasteiger partial charge in [0.15, 0.2) is 17.6 Å². The van der Waals surface area contributed by atoms with E-state index in [-0.39, 0.29) is 28.8 Å². The van der Waals surface area contributed by atoms with Crippen molar-refractivity contribution in [2.24, 2.45) is 0 Å². The molecule has 29 heavy (non-hydrogen) atoms. The van der Waals surface area contributed by atoms with Crippen molar-refractivity contribution < 1.29 is 36.6 Å². The highest BCUT2D eigenvalue weighted by molar-refractivity contribution is 5.90. The molecule has 0 radical (unpaired) electrons. The Morgan fingerprint density at radius 1 is 1.07 bits per heavy atom. The number of nitrogens with zero attached hydrogens (tertiary/aromatic N) is 2. The molecule has 0 bridgehead atoms. The number of ether oxygens (including phenoxy) is 3. The van der Waals surface area contributed by atoms with E-state index < -0.39 is 24.5 Å². The monoisotopic (exact) mass is 408 g/mol. The van der Waals surface area contributed by atoms with Gasteiger partial charge in [0.2, 0.25) is 5.89 Å². The van der Waals surface area contributed by atoms with Crippen molar-refractivity contribution in [3.63, 3.8) is 0 Å². The first kappa shape index (κ1) is 20.2. The minimum atomic E-state index is -3.03. The Morgan fingerprint density at radius 3 is 2.45 bits per heavy atom. The Bertz CT molecular complexity index is 992. The fourth-order valence-electron chi connectivity index (χ4n) is 2.37. The van der Waals surface area contributed by atoms with E-state index in [2.05, 4.69) is 14.9 Å². The summed E-state index contributed by atoms with van der Waals surface area (Å²) in [5, 5.41) is 7.67. The van der Waals surface area contributed by atoms with Crippen molar-refractivity contribution in [2.75, 3.05) is 7.11 Å². The highest BCUT2D eigenvalue weighted by Crippen LogP contribution is 2.30. The largest absolute Gasteiger partial charge is 0.493 e. The topological polar surface area (TPSA) is 83.7 Å². The molecule has 10 heteroatoms. The molecule has 0 spiro atoms. The third-order valence-corrected chi connectivity index (χ3v) is 3.78. The van der Waals surface area contributed by atoms with Gasteiger partial charge in [0.25, 0.3) is 5.89 Å². The van der Waals surface area contributed by atoms with Gasteiger partial charge in [0.05, 0.1) is 12.7 Å². The summed E-state index contributed by atoms with van der Waals surface area (Å²) in [4.78, 5) is 12.3. The first-order chi connectivity index (χ1) is 13.9. The molecule has 0 saturated carbocycles. The van der Waals surface area contributed by atoms with Crippen LogP contribution in [0, 0.1) is 5.82 Å². The Balaban J connectivity index is 1.71. The van der Waals surface area contributed by atoms with E-state index in [0.717, 1.165) is 0 Å². The van der Waals surface area contributed by atoms with Crippen molar-refractivity contribution >= 4 is 5.97 Å². The van der Waals surface area contributed by atoms with E-state index in [1.165, 1.54) is 56.5 Å². The van der Waals surface area contributed by atoms with Gasteiger partial charge in [-0.15, -0.1) is 10.2 Å². The number of esters is 1. The molecule has 3 aromatic rings. The average molecular weight is 408 g/mol. The van der Waals surface area contributed by atoms with Gasteiger partial charge in [-0.25, -0.2) is 9.18 Å². The summed E-state index contributed by atoms with van der Waals surface area (Å²) in [7, 11) is 1.25. The third-order valence-electron chi connectivity index (χ3n) is 3.78. The van der Waals surface area contributed by atoms with Crippen LogP contribution in [-0.4, -0.2) is 29.9 Å². The molecule has 1 aromatic heterocycles. The lowest BCUT2D eigenvalue weighted by molar-refractivity contribution is -0.0512. The molecule has 0 fully saturated rings. The molecule has 1 atom stereocenters. The van der Waals surface area contributed by atoms with E-state index in [4.69, 9.17) is 13.9 Å². The number of alkyl halides is 2. The standard InChI is InChI=1S/C19H15F3N2O5/c1-10(16-23-24-17(29-16)11-3-6-13(20)7-4-11)27-18(25)12-5-8-14(28-19(21)22)15(9-12)26-2/h3-10,19H,1-2H3/t10-/m0/s1. The van der Waals surface area contributed by atoms with Crippen LogP contribution in [0.2, 0.25) is 0 Å². The Morgan fingerprint density at radius 2 is 1.79 bits per heavy atom. The number of halogens is 3. The fraction of sp³-hybridized carbons (Fsp3) is 0.211. The number of methoxy groups -OCH3 is 1. The van der Waals surface area contributed by atoms with Crippen LogP contribution in [0.1, 0.15) is 29.3 Å². The minimum absolute atomic E-state index is 0.0299. The molecule has 0 aliphatic carbocycles. The number of hydrogen-bond acceptors (Lipinski definition) is 7. The predicted molar refractivity (Wildman–Crippen MR) is 93.1 cm³/mol.